The molecule has 160 valence electrons. The number of hydrogen-bond donors (Lipinski definition) is 0. The molecular formula is C27H17N7. The first-order chi connectivity index (χ1) is 16.9. The Hall–Kier alpha value is -4.91. The number of imidazole rings is 1. The SMILES string of the molecule is c1ccc(-n2c3ccccc3c3c4nc(-c5ccncc5)n(-c5ncncn5)c4ccc32)cc1. The Labute approximate surface area is 194 Å². The van der Waals surface area contributed by atoms with Crippen molar-refractivity contribution in [3.63, 3.8) is 0 Å². The van der Waals surface area contributed by atoms with Gasteiger partial charge in [0.2, 0.25) is 5.95 Å². The molecule has 0 radical (unpaired) electrons. The second kappa shape index (κ2) is 7.31. The number of hydrogen-bond acceptors (Lipinski definition) is 5. The molecule has 0 bridgehead atoms. The maximum atomic E-state index is 5.17. The van der Waals surface area contributed by atoms with E-state index in [1.165, 1.54) is 12.7 Å². The van der Waals surface area contributed by atoms with Crippen LogP contribution in [0.5, 0.6) is 0 Å². The van der Waals surface area contributed by atoms with Crippen LogP contribution in [0, 0.1) is 0 Å². The van der Waals surface area contributed by atoms with Gasteiger partial charge in [-0.25, -0.2) is 19.9 Å². The van der Waals surface area contributed by atoms with Gasteiger partial charge in [0.15, 0.2) is 0 Å². The average Bonchev–Trinajstić information content (AvgIpc) is 3.46. The van der Waals surface area contributed by atoms with Crippen molar-refractivity contribution in [3.05, 3.63) is 104 Å². The van der Waals surface area contributed by atoms with Crippen LogP contribution in [0.1, 0.15) is 0 Å². The minimum Gasteiger partial charge on any atom is -0.309 e. The van der Waals surface area contributed by atoms with Gasteiger partial charge < -0.3 is 4.57 Å². The zero-order valence-corrected chi connectivity index (χ0v) is 17.9. The van der Waals surface area contributed by atoms with Crippen LogP contribution in [0.3, 0.4) is 0 Å². The molecule has 0 saturated carbocycles. The van der Waals surface area contributed by atoms with E-state index in [0.717, 1.165) is 49.9 Å². The van der Waals surface area contributed by atoms with Crippen molar-refractivity contribution in [2.24, 2.45) is 0 Å². The standard InChI is InChI=1S/C27H17N7/c1-2-6-19(7-3-1)33-21-9-5-4-8-20(21)24-22(33)10-11-23-25(24)32-26(18-12-14-28-15-13-18)34(23)27-30-16-29-17-31-27/h1-17H. The van der Waals surface area contributed by atoms with Crippen molar-refractivity contribution in [3.8, 4) is 23.0 Å². The van der Waals surface area contributed by atoms with E-state index in [0.29, 0.717) is 5.95 Å². The molecule has 34 heavy (non-hydrogen) atoms. The molecule has 0 spiro atoms. The summed E-state index contributed by atoms with van der Waals surface area (Å²) in [6, 6.07) is 27.0. The van der Waals surface area contributed by atoms with Gasteiger partial charge in [0, 0.05) is 34.4 Å². The summed E-state index contributed by atoms with van der Waals surface area (Å²) in [5, 5.41) is 2.24. The van der Waals surface area contributed by atoms with Crippen LogP contribution in [0.4, 0.5) is 0 Å². The zero-order valence-electron chi connectivity index (χ0n) is 17.9. The van der Waals surface area contributed by atoms with Crippen LogP contribution in [-0.4, -0.2) is 34.1 Å². The number of para-hydroxylation sites is 2. The Kier molecular flexibility index (Phi) is 4.01. The summed E-state index contributed by atoms with van der Waals surface area (Å²) in [5.41, 5.74) is 6.11. The van der Waals surface area contributed by atoms with Gasteiger partial charge in [-0.2, -0.15) is 0 Å². The van der Waals surface area contributed by atoms with E-state index in [2.05, 4.69) is 85.2 Å². The average molecular weight is 439 g/mol. The third kappa shape index (κ3) is 2.67. The van der Waals surface area contributed by atoms with E-state index in [1.807, 2.05) is 22.8 Å². The molecule has 0 unspecified atom stereocenters. The van der Waals surface area contributed by atoms with Gasteiger partial charge in [-0.3, -0.25) is 9.55 Å². The number of nitrogens with zero attached hydrogens (tertiary/aromatic N) is 7. The van der Waals surface area contributed by atoms with Gasteiger partial charge in [-0.15, -0.1) is 0 Å². The molecule has 4 heterocycles. The Balaban J connectivity index is 1.66. The molecule has 3 aromatic carbocycles. The van der Waals surface area contributed by atoms with Gasteiger partial charge >= 0.3 is 0 Å². The summed E-state index contributed by atoms with van der Waals surface area (Å²) < 4.78 is 4.28. The summed E-state index contributed by atoms with van der Waals surface area (Å²) in [4.78, 5) is 22.2. The second-order valence-corrected chi connectivity index (χ2v) is 7.96. The van der Waals surface area contributed by atoms with Crippen LogP contribution < -0.4 is 0 Å². The summed E-state index contributed by atoms with van der Waals surface area (Å²) in [5.74, 6) is 1.28. The molecule has 4 aromatic heterocycles. The summed E-state index contributed by atoms with van der Waals surface area (Å²) in [6.45, 7) is 0. The lowest BCUT2D eigenvalue weighted by Gasteiger charge is -2.08. The molecule has 7 rings (SSSR count). The first-order valence-electron chi connectivity index (χ1n) is 10.9. The topological polar surface area (TPSA) is 74.3 Å². The predicted molar refractivity (Wildman–Crippen MR) is 132 cm³/mol. The fourth-order valence-electron chi connectivity index (χ4n) is 4.70. The number of pyridine rings is 1. The highest BCUT2D eigenvalue weighted by atomic mass is 15.2. The van der Waals surface area contributed by atoms with Crippen molar-refractivity contribution >= 4 is 32.8 Å². The lowest BCUT2D eigenvalue weighted by Crippen LogP contribution is -2.03. The Morgan fingerprint density at radius 3 is 2.15 bits per heavy atom. The summed E-state index contributed by atoms with van der Waals surface area (Å²) in [7, 11) is 0. The molecule has 0 amide bonds. The highest BCUT2D eigenvalue weighted by Gasteiger charge is 2.21. The highest BCUT2D eigenvalue weighted by Crippen LogP contribution is 2.38. The summed E-state index contributed by atoms with van der Waals surface area (Å²) in [6.07, 6.45) is 6.54. The lowest BCUT2D eigenvalue weighted by atomic mass is 10.1. The molecule has 7 nitrogen and oxygen atoms in total. The smallest absolute Gasteiger partial charge is 0.238 e. The largest absolute Gasteiger partial charge is 0.309 e. The third-order valence-electron chi connectivity index (χ3n) is 6.09. The van der Waals surface area contributed by atoms with Gasteiger partial charge in [0.1, 0.15) is 18.5 Å². The molecule has 0 aliphatic heterocycles. The van der Waals surface area contributed by atoms with E-state index >= 15 is 0 Å². The number of fused-ring (bicyclic) bond motifs is 5. The molecule has 7 aromatic rings. The van der Waals surface area contributed by atoms with Crippen LogP contribution in [-0.2, 0) is 0 Å². The number of aromatic nitrogens is 7. The first-order valence-corrected chi connectivity index (χ1v) is 10.9. The predicted octanol–water partition coefficient (Wildman–Crippen LogP) is 5.37. The van der Waals surface area contributed by atoms with Crippen molar-refractivity contribution < 1.29 is 0 Å². The number of rotatable bonds is 3. The van der Waals surface area contributed by atoms with E-state index in [9.17, 15) is 0 Å². The molecule has 0 aliphatic carbocycles. The third-order valence-corrected chi connectivity index (χ3v) is 6.09. The van der Waals surface area contributed by atoms with Gasteiger partial charge in [0.05, 0.1) is 22.1 Å². The molecule has 0 atom stereocenters. The highest BCUT2D eigenvalue weighted by molar-refractivity contribution is 6.20. The van der Waals surface area contributed by atoms with Crippen molar-refractivity contribution in [2.45, 2.75) is 0 Å². The van der Waals surface area contributed by atoms with Crippen LogP contribution in [0.25, 0.3) is 55.9 Å². The first kappa shape index (κ1) is 18.6. The fraction of sp³-hybridized carbons (Fsp3) is 0. The Morgan fingerprint density at radius 1 is 0.588 bits per heavy atom. The molecule has 0 saturated heterocycles. The van der Waals surface area contributed by atoms with Gasteiger partial charge in [0.25, 0.3) is 0 Å². The lowest BCUT2D eigenvalue weighted by molar-refractivity contribution is 0.917. The maximum absolute atomic E-state index is 5.17. The van der Waals surface area contributed by atoms with Crippen LogP contribution >= 0.6 is 0 Å². The minimum atomic E-state index is 0.524. The van der Waals surface area contributed by atoms with Crippen molar-refractivity contribution in [2.75, 3.05) is 0 Å². The molecule has 0 aliphatic rings. The maximum Gasteiger partial charge on any atom is 0.238 e. The fourth-order valence-corrected chi connectivity index (χ4v) is 4.70. The summed E-state index contributed by atoms with van der Waals surface area (Å²) >= 11 is 0. The molecular weight excluding hydrogens is 422 g/mol. The second-order valence-electron chi connectivity index (χ2n) is 7.96. The van der Waals surface area contributed by atoms with E-state index in [-0.39, 0.29) is 0 Å². The van der Waals surface area contributed by atoms with Crippen LogP contribution in [0.15, 0.2) is 104 Å². The van der Waals surface area contributed by atoms with Crippen LogP contribution in [0.2, 0.25) is 0 Å². The van der Waals surface area contributed by atoms with Gasteiger partial charge in [-0.05, 0) is 42.5 Å². The van der Waals surface area contributed by atoms with Gasteiger partial charge in [-0.1, -0.05) is 36.4 Å². The number of benzene rings is 3. The van der Waals surface area contributed by atoms with Crippen molar-refractivity contribution in [1.82, 2.24) is 34.1 Å². The van der Waals surface area contributed by atoms with Crippen molar-refractivity contribution in [1.29, 1.82) is 0 Å². The molecule has 0 N–H and O–H groups in total. The quantitative estimate of drug-likeness (QED) is 0.370. The minimum absolute atomic E-state index is 0.524. The molecule has 7 heteroatoms. The Morgan fingerprint density at radius 2 is 1.32 bits per heavy atom. The zero-order chi connectivity index (χ0) is 22.5. The normalized spacial score (nSPS) is 11.5. The molecule has 0 fully saturated rings. The van der Waals surface area contributed by atoms with E-state index < -0.39 is 0 Å². The Bertz CT molecular complexity index is 1790. The van der Waals surface area contributed by atoms with E-state index in [1.54, 1.807) is 12.4 Å². The van der Waals surface area contributed by atoms with E-state index in [4.69, 9.17) is 4.98 Å². The monoisotopic (exact) mass is 439 g/mol.